The highest BCUT2D eigenvalue weighted by Crippen LogP contribution is 2.28. The van der Waals surface area contributed by atoms with E-state index in [2.05, 4.69) is 4.98 Å². The topological polar surface area (TPSA) is 110 Å². The summed E-state index contributed by atoms with van der Waals surface area (Å²) in [5.41, 5.74) is 4.91. The number of nitrogen functional groups attached to an aromatic ring is 1. The summed E-state index contributed by atoms with van der Waals surface area (Å²) in [5.74, 6) is -4.41. The summed E-state index contributed by atoms with van der Waals surface area (Å²) in [7, 11) is -3.70. The van der Waals surface area contributed by atoms with Crippen molar-refractivity contribution in [3.8, 4) is 0 Å². The molecule has 0 radical (unpaired) electrons. The third-order valence-corrected chi connectivity index (χ3v) is 4.05. The molecule has 1 heterocycles. The molecule has 1 aromatic heterocycles. The van der Waals surface area contributed by atoms with Crippen molar-refractivity contribution in [1.82, 2.24) is 4.98 Å². The van der Waals surface area contributed by atoms with Crippen LogP contribution in [0.4, 0.5) is 24.7 Å². The first-order valence-electron chi connectivity index (χ1n) is 5.35. The van der Waals surface area contributed by atoms with E-state index in [1.165, 1.54) is 22.6 Å². The number of carbonyl (C=O) groups excluding carboxylic acids is 2. The molecule has 22 heavy (non-hydrogen) atoms. The van der Waals surface area contributed by atoms with Crippen LogP contribution in [0.15, 0.2) is 17.2 Å². The Hall–Kier alpha value is -1.44. The maximum absolute atomic E-state index is 12.6. The normalized spacial score (nSPS) is 12.0. The number of halogens is 4. The van der Waals surface area contributed by atoms with Gasteiger partial charge in [-0.25, -0.2) is 18.3 Å². The van der Waals surface area contributed by atoms with Crippen LogP contribution in [-0.2, 0) is 19.4 Å². The Balaban J connectivity index is 3.45. The monoisotopic (exact) mass is 451 g/mol. The van der Waals surface area contributed by atoms with Gasteiger partial charge in [-0.3, -0.25) is 9.59 Å². The van der Waals surface area contributed by atoms with Crippen LogP contribution < -0.4 is 10.6 Å². The highest BCUT2D eigenvalue weighted by Gasteiger charge is 2.46. The highest BCUT2D eigenvalue weighted by atomic mass is 127. The largest absolute Gasteiger partial charge is 0.472 e. The van der Waals surface area contributed by atoms with E-state index in [0.717, 1.165) is 18.5 Å². The maximum Gasteiger partial charge on any atom is 0.472 e. The molecule has 0 saturated carbocycles. The molecule has 2 N–H and O–H groups in total. The van der Waals surface area contributed by atoms with Gasteiger partial charge in [-0.2, -0.15) is 13.2 Å². The first-order valence-corrected chi connectivity index (χ1v) is 8.77. The van der Waals surface area contributed by atoms with Crippen molar-refractivity contribution in [1.29, 1.82) is 0 Å². The first-order chi connectivity index (χ1) is 9.89. The molecule has 0 saturated heterocycles. The fourth-order valence-electron chi connectivity index (χ4n) is 1.36. The second kappa shape index (κ2) is 6.36. The van der Waals surface area contributed by atoms with E-state index in [1.807, 2.05) is 0 Å². The van der Waals surface area contributed by atoms with E-state index in [4.69, 9.17) is 5.73 Å². The van der Waals surface area contributed by atoms with Crippen molar-refractivity contribution in [2.45, 2.75) is 11.1 Å². The Morgan fingerprint density at radius 1 is 1.41 bits per heavy atom. The fraction of sp³-hybridized carbons (Fsp3) is 0.300. The van der Waals surface area contributed by atoms with Gasteiger partial charge in [0.2, 0.25) is 5.91 Å². The average Bonchev–Trinajstić information content (AvgIpc) is 2.38. The van der Waals surface area contributed by atoms with Gasteiger partial charge in [-0.15, -0.1) is 0 Å². The van der Waals surface area contributed by atoms with Crippen molar-refractivity contribution >= 4 is 55.7 Å². The first kappa shape index (κ1) is 18.6. The molecule has 0 atom stereocenters. The zero-order chi connectivity index (χ0) is 17.3. The van der Waals surface area contributed by atoms with Gasteiger partial charge in [0.25, 0.3) is 0 Å². The number of amides is 2. The summed E-state index contributed by atoms with van der Waals surface area (Å²) in [6.07, 6.45) is -3.75. The lowest BCUT2D eigenvalue weighted by Gasteiger charge is -2.21. The lowest BCUT2D eigenvalue weighted by Crippen LogP contribution is -2.46. The van der Waals surface area contributed by atoms with Gasteiger partial charge < -0.3 is 5.73 Å². The quantitative estimate of drug-likeness (QED) is 0.541. The number of hydrogen-bond acceptors (Lipinski definition) is 6. The summed E-state index contributed by atoms with van der Waals surface area (Å²) < 4.78 is 59.9. The van der Waals surface area contributed by atoms with Crippen LogP contribution in [0.2, 0.25) is 0 Å². The van der Waals surface area contributed by atoms with Crippen molar-refractivity contribution in [2.75, 3.05) is 21.3 Å². The van der Waals surface area contributed by atoms with Gasteiger partial charge in [-0.1, -0.05) is 22.6 Å². The van der Waals surface area contributed by atoms with Crippen LogP contribution in [0.25, 0.3) is 0 Å². The molecule has 0 aromatic carbocycles. The molecule has 1 rings (SSSR count). The standard InChI is InChI=1S/C10H9F3IN3O4S/c1-22(20,21)5-2-6(15)8(16-4-5)17(7(18)3-14)9(19)10(11,12)13/h2,4H,3,15H2,1H3. The minimum atomic E-state index is -5.31. The minimum Gasteiger partial charge on any atom is -0.396 e. The van der Waals surface area contributed by atoms with Crippen LogP contribution in [0.1, 0.15) is 0 Å². The molecule has 0 bridgehead atoms. The zero-order valence-electron chi connectivity index (χ0n) is 10.9. The number of nitrogens with two attached hydrogens (primary N) is 1. The lowest BCUT2D eigenvalue weighted by atomic mass is 10.3. The Bertz CT molecular complexity index is 721. The Labute approximate surface area is 136 Å². The molecule has 0 aliphatic carbocycles. The number of aromatic nitrogens is 1. The van der Waals surface area contributed by atoms with Crippen LogP contribution in [0, 0.1) is 0 Å². The molecule has 0 aliphatic rings. The number of sulfone groups is 1. The van der Waals surface area contributed by atoms with Crippen LogP contribution in [0.5, 0.6) is 0 Å². The summed E-state index contributed by atoms with van der Waals surface area (Å²) in [6, 6.07) is 0.828. The van der Waals surface area contributed by atoms with E-state index in [0.29, 0.717) is 0 Å². The van der Waals surface area contributed by atoms with Gasteiger partial charge in [0, 0.05) is 12.5 Å². The van der Waals surface area contributed by atoms with Gasteiger partial charge in [0.15, 0.2) is 15.7 Å². The number of rotatable bonds is 3. The predicted octanol–water partition coefficient (Wildman–Crippen LogP) is 0.924. The van der Waals surface area contributed by atoms with Crippen molar-refractivity contribution in [3.05, 3.63) is 12.3 Å². The van der Waals surface area contributed by atoms with Gasteiger partial charge in [-0.05, 0) is 6.07 Å². The Morgan fingerprint density at radius 2 is 1.95 bits per heavy atom. The molecule has 0 unspecified atom stereocenters. The average molecular weight is 451 g/mol. The second-order valence-electron chi connectivity index (χ2n) is 4.02. The van der Waals surface area contributed by atoms with E-state index in [-0.39, 0.29) is 9.80 Å². The fourth-order valence-corrected chi connectivity index (χ4v) is 2.28. The third-order valence-electron chi connectivity index (χ3n) is 2.32. The number of anilines is 2. The summed E-state index contributed by atoms with van der Waals surface area (Å²) in [6.45, 7) is 0. The summed E-state index contributed by atoms with van der Waals surface area (Å²) in [4.78, 5) is 25.8. The summed E-state index contributed by atoms with van der Waals surface area (Å²) in [5, 5.41) is 0. The molecular formula is C10H9F3IN3O4S. The third kappa shape index (κ3) is 4.06. The summed E-state index contributed by atoms with van der Waals surface area (Å²) >= 11 is 1.47. The number of imide groups is 1. The molecule has 12 heteroatoms. The number of pyridine rings is 1. The van der Waals surface area contributed by atoms with Crippen molar-refractivity contribution in [2.24, 2.45) is 0 Å². The molecular weight excluding hydrogens is 442 g/mol. The van der Waals surface area contributed by atoms with E-state index in [1.54, 1.807) is 0 Å². The number of carbonyl (C=O) groups is 2. The second-order valence-corrected chi connectivity index (χ2v) is 6.80. The van der Waals surface area contributed by atoms with Crippen molar-refractivity contribution in [3.63, 3.8) is 0 Å². The van der Waals surface area contributed by atoms with E-state index in [9.17, 15) is 31.2 Å². The van der Waals surface area contributed by atoms with Gasteiger partial charge in [0.05, 0.1) is 15.0 Å². The molecule has 122 valence electrons. The Kier molecular flexibility index (Phi) is 5.38. The minimum absolute atomic E-state index is 0.214. The Morgan fingerprint density at radius 3 is 2.32 bits per heavy atom. The van der Waals surface area contributed by atoms with Gasteiger partial charge >= 0.3 is 12.1 Å². The zero-order valence-corrected chi connectivity index (χ0v) is 13.9. The van der Waals surface area contributed by atoms with Crippen molar-refractivity contribution < 1.29 is 31.2 Å². The lowest BCUT2D eigenvalue weighted by molar-refractivity contribution is -0.171. The molecule has 7 nitrogen and oxygen atoms in total. The molecule has 0 spiro atoms. The number of hydrogen-bond donors (Lipinski definition) is 1. The number of nitrogens with zero attached hydrogens (tertiary/aromatic N) is 2. The van der Waals surface area contributed by atoms with Crippen LogP contribution >= 0.6 is 22.6 Å². The van der Waals surface area contributed by atoms with Crippen LogP contribution in [-0.4, -0.2) is 42.1 Å². The van der Waals surface area contributed by atoms with E-state index < -0.39 is 43.8 Å². The van der Waals surface area contributed by atoms with Gasteiger partial charge in [0.1, 0.15) is 0 Å². The molecule has 0 fully saturated rings. The molecule has 2 amide bonds. The predicted molar refractivity (Wildman–Crippen MR) is 79.2 cm³/mol. The number of alkyl halides is 4. The smallest absolute Gasteiger partial charge is 0.396 e. The molecule has 1 aromatic rings. The molecule has 0 aliphatic heterocycles. The van der Waals surface area contributed by atoms with E-state index >= 15 is 0 Å². The SMILES string of the molecule is CS(=O)(=O)c1cnc(N(C(=O)CI)C(=O)C(F)(F)F)c(N)c1. The maximum atomic E-state index is 12.6. The van der Waals surface area contributed by atoms with Crippen LogP contribution in [0.3, 0.4) is 0 Å². The highest BCUT2D eigenvalue weighted by molar-refractivity contribution is 14.1.